The van der Waals surface area contributed by atoms with Gasteiger partial charge < -0.3 is 25.2 Å². The fraction of sp³-hybridized carbons (Fsp3) is 0.359. The van der Waals surface area contributed by atoms with Crippen LogP contribution in [0.2, 0.25) is 0 Å². The molecule has 11 heteroatoms. The van der Waals surface area contributed by atoms with E-state index in [2.05, 4.69) is 10.6 Å². The molecular formula is C39H44N4O7. The Morgan fingerprint density at radius 3 is 2.40 bits per heavy atom. The Labute approximate surface area is 292 Å². The average molecular weight is 681 g/mol. The van der Waals surface area contributed by atoms with Gasteiger partial charge in [0.05, 0.1) is 26.1 Å². The van der Waals surface area contributed by atoms with Crippen molar-refractivity contribution in [2.24, 2.45) is 0 Å². The molecule has 0 saturated heterocycles. The molecule has 11 nitrogen and oxygen atoms in total. The fourth-order valence-corrected chi connectivity index (χ4v) is 5.99. The maximum Gasteiger partial charge on any atom is 0.416 e. The minimum Gasteiger partial charge on any atom is -0.507 e. The third kappa shape index (κ3) is 9.16. The van der Waals surface area contributed by atoms with Crippen LogP contribution in [0.5, 0.6) is 5.75 Å². The predicted molar refractivity (Wildman–Crippen MR) is 191 cm³/mol. The highest BCUT2D eigenvalue weighted by atomic mass is 16.6. The quantitative estimate of drug-likeness (QED) is 0.160. The highest BCUT2D eigenvalue weighted by Crippen LogP contribution is 2.34. The molecule has 0 bridgehead atoms. The second kappa shape index (κ2) is 15.8. The van der Waals surface area contributed by atoms with Gasteiger partial charge in [-0.15, -0.1) is 0 Å². The van der Waals surface area contributed by atoms with Gasteiger partial charge in [0.2, 0.25) is 11.8 Å². The summed E-state index contributed by atoms with van der Waals surface area (Å²) in [6.45, 7) is 5.77. The van der Waals surface area contributed by atoms with E-state index in [1.807, 2.05) is 87.5 Å². The van der Waals surface area contributed by atoms with Crippen molar-refractivity contribution in [2.75, 3.05) is 25.1 Å². The van der Waals surface area contributed by atoms with Gasteiger partial charge >= 0.3 is 12.1 Å². The number of hydrogen-bond donors (Lipinski definition) is 3. The zero-order valence-corrected chi connectivity index (χ0v) is 29.0. The fourth-order valence-electron chi connectivity index (χ4n) is 5.99. The van der Waals surface area contributed by atoms with Crippen molar-refractivity contribution in [3.8, 4) is 16.9 Å². The lowest BCUT2D eigenvalue weighted by Crippen LogP contribution is -2.40. The first-order chi connectivity index (χ1) is 23.9. The Morgan fingerprint density at radius 1 is 0.940 bits per heavy atom. The predicted octanol–water partition coefficient (Wildman–Crippen LogP) is 6.15. The molecule has 0 fully saturated rings. The number of ether oxygens (including phenoxy) is 2. The minimum atomic E-state index is -0.673. The van der Waals surface area contributed by atoms with Gasteiger partial charge in [0.15, 0.2) is 0 Å². The van der Waals surface area contributed by atoms with Gasteiger partial charge in [-0.3, -0.25) is 19.3 Å². The largest absolute Gasteiger partial charge is 0.507 e. The Morgan fingerprint density at radius 2 is 1.68 bits per heavy atom. The van der Waals surface area contributed by atoms with Crippen LogP contribution in [0.1, 0.15) is 69.3 Å². The number of nitrogens with zero attached hydrogens (tertiary/aromatic N) is 2. The number of fused-ring (bicyclic) bond motifs is 2. The molecule has 0 unspecified atom stereocenters. The van der Waals surface area contributed by atoms with E-state index in [0.29, 0.717) is 30.8 Å². The summed E-state index contributed by atoms with van der Waals surface area (Å²) in [6.07, 6.45) is 2.35. The van der Waals surface area contributed by atoms with Crippen molar-refractivity contribution in [3.05, 3.63) is 89.6 Å². The van der Waals surface area contributed by atoms with Gasteiger partial charge in [0, 0.05) is 24.0 Å². The molecule has 2 heterocycles. The maximum absolute atomic E-state index is 12.9. The van der Waals surface area contributed by atoms with Gasteiger partial charge in [-0.2, -0.15) is 0 Å². The number of phenolic OH excluding ortho intramolecular Hbond substituents is 1. The number of aromatic hydroxyl groups is 1. The van der Waals surface area contributed by atoms with E-state index in [1.54, 1.807) is 11.0 Å². The van der Waals surface area contributed by atoms with Crippen LogP contribution in [0.3, 0.4) is 0 Å². The standard InChI is InChI=1S/C39H44N4O7/c1-39(2,3)50-38(48)43-22-8-9-27-18-19-28(41-37(27)43)10-7-13-34(45)40-24-35(46)42-32(23-36(47)49-4)26-16-14-25(15-17-26)29-20-21-33(44)31-12-6-5-11-30(29)31/h5-6,11-12,14-21,32,44H,7-10,13,22-24H2,1-4H3,(H,40,45)(H,42,46)/t32-/m0/s1. The molecule has 1 aromatic heterocycles. The van der Waals surface area contributed by atoms with Crippen LogP contribution in [-0.2, 0) is 36.7 Å². The van der Waals surface area contributed by atoms with Crippen molar-refractivity contribution in [1.29, 1.82) is 0 Å². The lowest BCUT2D eigenvalue weighted by Gasteiger charge is -2.31. The number of carbonyl (C=O) groups excluding carboxylic acids is 4. The van der Waals surface area contributed by atoms with Crippen molar-refractivity contribution in [1.82, 2.24) is 15.6 Å². The van der Waals surface area contributed by atoms with Crippen LogP contribution in [0.4, 0.5) is 10.6 Å². The number of aryl methyl sites for hydroxylation is 2. The molecule has 50 heavy (non-hydrogen) atoms. The van der Waals surface area contributed by atoms with Crippen molar-refractivity contribution in [3.63, 3.8) is 0 Å². The average Bonchev–Trinajstić information content (AvgIpc) is 3.09. The van der Waals surface area contributed by atoms with Gasteiger partial charge in [-0.05, 0) is 86.2 Å². The van der Waals surface area contributed by atoms with Crippen LogP contribution >= 0.6 is 0 Å². The number of anilines is 1. The summed E-state index contributed by atoms with van der Waals surface area (Å²) in [6, 6.07) is 21.8. The molecule has 3 amide bonds. The van der Waals surface area contributed by atoms with Gasteiger partial charge in [0.25, 0.3) is 0 Å². The Hall–Kier alpha value is -5.45. The molecule has 0 spiro atoms. The second-order valence-electron chi connectivity index (χ2n) is 13.4. The number of aromatic nitrogens is 1. The number of rotatable bonds is 11. The second-order valence-corrected chi connectivity index (χ2v) is 13.4. The first kappa shape index (κ1) is 35.8. The lowest BCUT2D eigenvalue weighted by molar-refractivity contribution is -0.141. The molecule has 0 saturated carbocycles. The van der Waals surface area contributed by atoms with Crippen LogP contribution in [-0.4, -0.2) is 59.8 Å². The highest BCUT2D eigenvalue weighted by Gasteiger charge is 2.28. The normalized spacial score (nSPS) is 13.2. The van der Waals surface area contributed by atoms with E-state index in [1.165, 1.54) is 7.11 Å². The smallest absolute Gasteiger partial charge is 0.416 e. The number of nitrogens with one attached hydrogen (secondary N) is 2. The maximum atomic E-state index is 12.9. The molecule has 0 radical (unpaired) electrons. The van der Waals surface area contributed by atoms with E-state index < -0.39 is 29.6 Å². The van der Waals surface area contributed by atoms with E-state index in [-0.39, 0.29) is 31.0 Å². The van der Waals surface area contributed by atoms with Crippen molar-refractivity contribution < 1.29 is 33.8 Å². The molecular weight excluding hydrogens is 636 g/mol. The summed E-state index contributed by atoms with van der Waals surface area (Å²) < 4.78 is 10.4. The van der Waals surface area contributed by atoms with E-state index in [0.717, 1.165) is 46.0 Å². The summed E-state index contributed by atoms with van der Waals surface area (Å²) in [5, 5.41) is 17.4. The topological polar surface area (TPSA) is 147 Å². The van der Waals surface area contributed by atoms with Crippen LogP contribution in [0, 0.1) is 0 Å². The summed E-state index contributed by atoms with van der Waals surface area (Å²) >= 11 is 0. The number of phenols is 1. The third-order valence-corrected chi connectivity index (χ3v) is 8.45. The molecule has 3 aromatic carbocycles. The minimum absolute atomic E-state index is 0.0865. The molecule has 1 atom stereocenters. The Balaban J connectivity index is 1.15. The summed E-state index contributed by atoms with van der Waals surface area (Å²) in [7, 11) is 1.29. The monoisotopic (exact) mass is 680 g/mol. The Bertz CT molecular complexity index is 1870. The molecule has 262 valence electrons. The molecule has 3 N–H and O–H groups in total. The van der Waals surface area contributed by atoms with Gasteiger partial charge in [-0.1, -0.05) is 60.7 Å². The van der Waals surface area contributed by atoms with Crippen LogP contribution in [0.15, 0.2) is 72.8 Å². The zero-order chi connectivity index (χ0) is 35.8. The summed E-state index contributed by atoms with van der Waals surface area (Å²) in [5.41, 5.74) is 3.68. The molecule has 4 aromatic rings. The first-order valence-corrected chi connectivity index (χ1v) is 16.8. The first-order valence-electron chi connectivity index (χ1n) is 16.8. The van der Waals surface area contributed by atoms with E-state index in [9.17, 15) is 24.3 Å². The highest BCUT2D eigenvalue weighted by molar-refractivity contribution is 6.00. The number of esters is 1. The molecule has 0 aliphatic carbocycles. The summed E-state index contributed by atoms with van der Waals surface area (Å²) in [4.78, 5) is 56.9. The molecule has 5 rings (SSSR count). The van der Waals surface area contributed by atoms with Crippen LogP contribution < -0.4 is 15.5 Å². The van der Waals surface area contributed by atoms with E-state index >= 15 is 0 Å². The van der Waals surface area contributed by atoms with Gasteiger partial charge in [0.1, 0.15) is 17.2 Å². The number of amides is 3. The van der Waals surface area contributed by atoms with Crippen molar-refractivity contribution >= 4 is 40.5 Å². The zero-order valence-electron chi connectivity index (χ0n) is 29.0. The number of hydrogen-bond acceptors (Lipinski definition) is 8. The van der Waals surface area contributed by atoms with Crippen molar-refractivity contribution in [2.45, 2.75) is 70.9 Å². The third-order valence-electron chi connectivity index (χ3n) is 8.45. The lowest BCUT2D eigenvalue weighted by atomic mass is 9.95. The Kier molecular flexibility index (Phi) is 11.4. The van der Waals surface area contributed by atoms with E-state index in [4.69, 9.17) is 14.5 Å². The molecule has 1 aliphatic heterocycles. The van der Waals surface area contributed by atoms with Crippen LogP contribution in [0.25, 0.3) is 21.9 Å². The number of pyridine rings is 1. The number of benzene rings is 3. The SMILES string of the molecule is COC(=O)C[C@H](NC(=O)CNC(=O)CCCc1ccc2c(n1)N(C(=O)OC(C)(C)C)CCC2)c1ccc(-c2ccc(O)c3ccccc23)cc1. The van der Waals surface area contributed by atoms with Gasteiger partial charge in [-0.25, -0.2) is 9.78 Å². The summed E-state index contributed by atoms with van der Waals surface area (Å²) in [5.74, 6) is -0.413. The number of methoxy groups -OCH3 is 1. The number of carbonyl (C=O) groups is 4. The molecule has 1 aliphatic rings.